The maximum atomic E-state index is 14.5. The van der Waals surface area contributed by atoms with Crippen LogP contribution in [-0.2, 0) is 19.1 Å². The molecule has 6 atom stereocenters. The Morgan fingerprint density at radius 2 is 1.01 bits per heavy atom. The summed E-state index contributed by atoms with van der Waals surface area (Å²) in [4.78, 5) is 41.1. The first-order chi connectivity index (χ1) is 43.7. The van der Waals surface area contributed by atoms with Crippen LogP contribution in [0, 0.1) is 80.6 Å². The molecule has 512 valence electrons. The number of aryl methyl sites for hydroxylation is 3. The van der Waals surface area contributed by atoms with Gasteiger partial charge in [-0.05, 0) is 208 Å². The predicted octanol–water partition coefficient (Wildman–Crippen LogP) is 13.6. The van der Waals surface area contributed by atoms with E-state index in [1.165, 1.54) is 12.1 Å². The number of nitrogen functional groups attached to an aromatic ring is 1. The Balaban J connectivity index is 0.000000249. The molecule has 3 aliphatic heterocycles. The highest BCUT2D eigenvalue weighted by Gasteiger charge is 2.31. The topological polar surface area (TPSA) is 243 Å². The summed E-state index contributed by atoms with van der Waals surface area (Å²) in [7, 11) is 1.00. The Labute approximate surface area is 563 Å². The van der Waals surface area contributed by atoms with Crippen molar-refractivity contribution in [1.82, 2.24) is 20.3 Å². The first-order valence-electron chi connectivity index (χ1n) is 31.4. The summed E-state index contributed by atoms with van der Waals surface area (Å²) in [6.45, 7) is 29.4. The summed E-state index contributed by atoms with van der Waals surface area (Å²) in [5.41, 5.74) is 17.4. The number of aromatic nitrogens is 3. The van der Waals surface area contributed by atoms with E-state index in [9.17, 15) is 27.2 Å². The van der Waals surface area contributed by atoms with E-state index in [0.717, 1.165) is 109 Å². The molecule has 6 heterocycles. The van der Waals surface area contributed by atoms with Crippen LogP contribution in [0.3, 0.4) is 0 Å². The van der Waals surface area contributed by atoms with E-state index in [1.807, 2.05) is 77.9 Å². The Morgan fingerprint density at radius 3 is 1.44 bits per heavy atom. The third-order valence-corrected chi connectivity index (χ3v) is 16.6. The van der Waals surface area contributed by atoms with Crippen LogP contribution in [0.1, 0.15) is 117 Å². The quantitative estimate of drug-likeness (QED) is 0.0425. The van der Waals surface area contributed by atoms with Gasteiger partial charge in [-0.1, -0.05) is 42.8 Å². The van der Waals surface area contributed by atoms with Gasteiger partial charge in [0.15, 0.2) is 0 Å². The summed E-state index contributed by atoms with van der Waals surface area (Å²) in [6, 6.07) is 19.5. The van der Waals surface area contributed by atoms with Gasteiger partial charge in [0.05, 0.1) is 36.2 Å². The van der Waals surface area contributed by atoms with Gasteiger partial charge in [0.2, 0.25) is 0 Å². The third kappa shape index (κ3) is 25.2. The van der Waals surface area contributed by atoms with Crippen molar-refractivity contribution < 1.29 is 57.1 Å². The average Bonchev–Trinajstić information content (AvgIpc) is 0.822. The monoisotopic (exact) mass is 1420 g/mol. The number of esters is 2. The second-order valence-electron chi connectivity index (χ2n) is 26.4. The van der Waals surface area contributed by atoms with E-state index >= 15 is 0 Å². The molecule has 10 rings (SSSR count). The smallest absolute Gasteiger partial charge is 0.306 e. The minimum atomic E-state index is -0.954. The van der Waals surface area contributed by atoms with Crippen LogP contribution in [0.25, 0.3) is 32.7 Å². The minimum absolute atomic E-state index is 0.0663. The minimum Gasteiger partial charge on any atom is -0.460 e. The van der Waals surface area contributed by atoms with Gasteiger partial charge < -0.3 is 56.5 Å². The standard InChI is InChI=1S/C22H29FN2O2.C16H20FN3.C12H23NO2.C10H7BrFN.C7H7BrFN.C3H8O3.CH4O/c1-14-9-16(10-20(26)27-22(3,4)5)13-25(12-14)19-11-18(23)15(2)21-17(19)7-6-8-24-21;1-10-6-12(18)9-20(8-10)15-7-14(17)11(2)16-13(15)4-3-5-19-16;1-9-5-10(8-13-7-9)6-11(14)15-12(2,3)4;1-6-9(12)5-8(11)7-3-2-4-13-10(6)7;1-4-6(9)2-5(8)3-7(4)10;4-1-3(6)2-5;1-2/h6-8,11,14,16H,9-10,12-13H2,1-5H3;3-5,7,10,12H,6,8-9,18H2,1-2H3;9-10,13H,5-8H2,1-4H3;2-5H,1H3;2-3H,10H2,1H3;3-6H,1-2H2;2H,1H3/t14-,16-;10-,12+;9-,10-;;;;/m000..../s1. The van der Waals surface area contributed by atoms with Crippen molar-refractivity contribution in [2.75, 3.05) is 75.1 Å². The van der Waals surface area contributed by atoms with E-state index in [1.54, 1.807) is 64.5 Å². The molecule has 4 aromatic carbocycles. The van der Waals surface area contributed by atoms with Crippen molar-refractivity contribution in [3.63, 3.8) is 0 Å². The van der Waals surface area contributed by atoms with Crippen molar-refractivity contribution in [2.45, 2.75) is 145 Å². The number of halogens is 6. The van der Waals surface area contributed by atoms with Gasteiger partial charge in [-0.25, -0.2) is 17.6 Å². The second-order valence-corrected chi connectivity index (χ2v) is 28.1. The maximum Gasteiger partial charge on any atom is 0.306 e. The molecule has 0 bridgehead atoms. The third-order valence-electron chi connectivity index (χ3n) is 15.5. The van der Waals surface area contributed by atoms with Crippen LogP contribution >= 0.6 is 31.9 Å². The number of fused-ring (bicyclic) bond motifs is 3. The van der Waals surface area contributed by atoms with E-state index in [4.69, 9.17) is 41.4 Å². The van der Waals surface area contributed by atoms with Gasteiger partial charge in [0, 0.05) is 129 Å². The van der Waals surface area contributed by atoms with Crippen LogP contribution in [0.4, 0.5) is 34.6 Å². The predicted molar refractivity (Wildman–Crippen MR) is 373 cm³/mol. The number of anilines is 3. The molecule has 0 spiro atoms. The summed E-state index contributed by atoms with van der Waals surface area (Å²) in [6.07, 6.45) is 8.20. The Kier molecular flexibility index (Phi) is 31.8. The molecule has 3 fully saturated rings. The van der Waals surface area contributed by atoms with Crippen LogP contribution in [0.5, 0.6) is 0 Å². The molecule has 0 radical (unpaired) electrons. The number of nitrogens with two attached hydrogens (primary N) is 2. The molecular weight excluding hydrogens is 1330 g/mol. The normalized spacial score (nSPS) is 18.7. The fraction of sp³-hybridized carbons (Fsp3) is 0.507. The lowest BCUT2D eigenvalue weighted by atomic mass is 9.87. The van der Waals surface area contributed by atoms with Gasteiger partial charge in [0.1, 0.15) is 40.6 Å². The number of pyridine rings is 3. The van der Waals surface area contributed by atoms with Crippen LogP contribution in [0.2, 0.25) is 0 Å². The van der Waals surface area contributed by atoms with Crippen molar-refractivity contribution >= 4 is 93.6 Å². The molecule has 3 aromatic heterocycles. The lowest BCUT2D eigenvalue weighted by Crippen LogP contribution is -2.46. The zero-order valence-corrected chi connectivity index (χ0v) is 59.6. The highest BCUT2D eigenvalue weighted by Crippen LogP contribution is 2.37. The molecule has 3 saturated heterocycles. The Bertz CT molecular complexity index is 3500. The fourth-order valence-electron chi connectivity index (χ4n) is 11.3. The first-order valence-corrected chi connectivity index (χ1v) is 33.0. The molecule has 9 N–H and O–H groups in total. The Hall–Kier alpha value is -6.11. The Morgan fingerprint density at radius 1 is 0.602 bits per heavy atom. The van der Waals surface area contributed by atoms with Crippen LogP contribution in [0.15, 0.2) is 94.3 Å². The second kappa shape index (κ2) is 37.3. The number of carbonyl (C=O) groups excluding carboxylic acids is 2. The van der Waals surface area contributed by atoms with Gasteiger partial charge in [0.25, 0.3) is 0 Å². The van der Waals surface area contributed by atoms with E-state index in [0.29, 0.717) is 74.4 Å². The van der Waals surface area contributed by atoms with Crippen LogP contribution in [-0.4, -0.2) is 130 Å². The van der Waals surface area contributed by atoms with Crippen molar-refractivity contribution in [1.29, 1.82) is 0 Å². The highest BCUT2D eigenvalue weighted by atomic mass is 79.9. The van der Waals surface area contributed by atoms with Crippen molar-refractivity contribution in [3.05, 3.63) is 140 Å². The van der Waals surface area contributed by atoms with E-state index in [2.05, 4.69) is 82.7 Å². The summed E-state index contributed by atoms with van der Waals surface area (Å²) >= 11 is 6.43. The maximum absolute atomic E-state index is 14.5. The number of nitrogens with zero attached hydrogens (tertiary/aromatic N) is 5. The molecule has 93 heavy (non-hydrogen) atoms. The molecular formula is C71H98Br2F4N8O8. The first kappa shape index (κ1) is 79.3. The SMILES string of the molecule is CO.C[C@@H]1CNC[C@H](CC(=O)OC(C)(C)C)C1.Cc1c(F)cc(Br)c2cccnc12.Cc1c(F)cc(N2C[C@@H](C)C[C@@H](CC(=O)OC(C)(C)C)C2)c2cccnc12.Cc1c(F)cc(N2C[C@@H](C)C[C@@H](N)C2)c2cccnc12.Cc1c(N)cc(Br)cc1F.OCC(O)CO. The molecule has 0 aliphatic carbocycles. The molecule has 7 aromatic rings. The number of aliphatic hydroxyl groups excluding tert-OH is 4. The van der Waals surface area contributed by atoms with Gasteiger partial charge in [-0.3, -0.25) is 24.5 Å². The van der Waals surface area contributed by atoms with E-state index in [-0.39, 0.29) is 66.0 Å². The van der Waals surface area contributed by atoms with Crippen LogP contribution < -0.4 is 26.6 Å². The van der Waals surface area contributed by atoms with Gasteiger partial charge >= 0.3 is 11.9 Å². The lowest BCUT2D eigenvalue weighted by molar-refractivity contribution is -0.157. The number of aliphatic hydroxyl groups is 4. The number of piperidine rings is 3. The molecule has 16 nitrogen and oxygen atoms in total. The number of hydrogen-bond acceptors (Lipinski definition) is 16. The highest BCUT2D eigenvalue weighted by molar-refractivity contribution is 9.11. The number of benzene rings is 4. The van der Waals surface area contributed by atoms with Gasteiger partial charge in [-0.15, -0.1) is 0 Å². The van der Waals surface area contributed by atoms with E-state index < -0.39 is 11.7 Å². The average molecular weight is 1430 g/mol. The number of carbonyl (C=O) groups is 2. The largest absolute Gasteiger partial charge is 0.460 e. The molecule has 0 saturated carbocycles. The summed E-state index contributed by atoms with van der Waals surface area (Å²) in [5, 5.41) is 37.3. The summed E-state index contributed by atoms with van der Waals surface area (Å²) < 4.78 is 66.9. The number of rotatable bonds is 8. The number of hydrogen-bond donors (Lipinski definition) is 7. The zero-order chi connectivity index (χ0) is 69.7. The molecule has 22 heteroatoms. The molecule has 3 aliphatic rings. The summed E-state index contributed by atoms with van der Waals surface area (Å²) in [5.74, 6) is 1.10. The van der Waals surface area contributed by atoms with Crippen molar-refractivity contribution in [3.8, 4) is 0 Å². The van der Waals surface area contributed by atoms with Gasteiger partial charge in [-0.2, -0.15) is 0 Å². The number of ether oxygens (including phenoxy) is 2. The lowest BCUT2D eigenvalue weighted by Gasteiger charge is -2.38. The molecule has 0 unspecified atom stereocenters. The molecule has 0 amide bonds. The zero-order valence-electron chi connectivity index (χ0n) is 56.4. The fourth-order valence-corrected chi connectivity index (χ4v) is 12.3. The number of nitrogens with one attached hydrogen (secondary N) is 1. The van der Waals surface area contributed by atoms with Crippen molar-refractivity contribution in [2.24, 2.45) is 35.3 Å².